The molecule has 1 aliphatic rings. The fraction of sp³-hybridized carbons (Fsp3) is 0.381. The lowest BCUT2D eigenvalue weighted by Gasteiger charge is -2.32. The van der Waals surface area contributed by atoms with Gasteiger partial charge in [0.15, 0.2) is 0 Å². The van der Waals surface area contributed by atoms with Gasteiger partial charge >= 0.3 is 0 Å². The molecular formula is C21H28N2O4. The molecule has 0 aliphatic carbocycles. The zero-order valence-electron chi connectivity index (χ0n) is 15.9. The summed E-state index contributed by atoms with van der Waals surface area (Å²) < 4.78 is 16.2. The van der Waals surface area contributed by atoms with Crippen LogP contribution in [0, 0.1) is 0 Å². The minimum absolute atomic E-state index is 0.113. The Bertz CT molecular complexity index is 657. The Kier molecular flexibility index (Phi) is 8.77. The molecule has 0 saturated carbocycles. The summed E-state index contributed by atoms with van der Waals surface area (Å²) in [6.07, 6.45) is 3.16. The lowest BCUT2D eigenvalue weighted by atomic mass is 10.2. The molecule has 1 aliphatic heterocycles. The third-order valence-electron chi connectivity index (χ3n) is 4.06. The number of rotatable bonds is 10. The maximum atomic E-state index is 12.2. The van der Waals surface area contributed by atoms with Gasteiger partial charge in [-0.05, 0) is 23.8 Å². The summed E-state index contributed by atoms with van der Waals surface area (Å²) in [5.41, 5.74) is 0.969. The number of hydrogen-bond donors (Lipinski definition) is 1. The van der Waals surface area contributed by atoms with E-state index in [0.29, 0.717) is 38.6 Å². The molecule has 1 unspecified atom stereocenters. The molecule has 0 bridgehead atoms. The molecule has 2 rings (SSSR count). The van der Waals surface area contributed by atoms with Crippen LogP contribution in [0.2, 0.25) is 0 Å². The van der Waals surface area contributed by atoms with E-state index in [1.165, 1.54) is 0 Å². The van der Waals surface area contributed by atoms with Crippen LogP contribution in [0.1, 0.15) is 0 Å². The molecule has 27 heavy (non-hydrogen) atoms. The highest BCUT2D eigenvalue weighted by Gasteiger charge is 2.26. The van der Waals surface area contributed by atoms with E-state index in [4.69, 9.17) is 14.2 Å². The highest BCUT2D eigenvalue weighted by atomic mass is 16.5. The Balaban J connectivity index is 1.87. The maximum absolute atomic E-state index is 12.2. The first-order valence-electron chi connectivity index (χ1n) is 8.97. The summed E-state index contributed by atoms with van der Waals surface area (Å²) in [5.74, 6) is 1.16. The van der Waals surface area contributed by atoms with E-state index < -0.39 is 6.10 Å². The van der Waals surface area contributed by atoms with Crippen molar-refractivity contribution in [2.45, 2.75) is 6.10 Å². The molecule has 0 radical (unpaired) electrons. The number of allylic oxidation sites excluding steroid dienone is 1. The first-order valence-corrected chi connectivity index (χ1v) is 8.97. The van der Waals surface area contributed by atoms with E-state index in [-0.39, 0.29) is 5.91 Å². The second kappa shape index (κ2) is 11.3. The van der Waals surface area contributed by atoms with Crippen molar-refractivity contribution in [2.75, 3.05) is 46.5 Å². The first-order chi connectivity index (χ1) is 13.1. The average molecular weight is 372 g/mol. The highest BCUT2D eigenvalue weighted by Crippen LogP contribution is 2.15. The topological polar surface area (TPSA) is 60.0 Å². The van der Waals surface area contributed by atoms with E-state index >= 15 is 0 Å². The number of nitrogens with one attached hydrogen (secondary N) is 1. The van der Waals surface area contributed by atoms with Gasteiger partial charge in [-0.2, -0.15) is 0 Å². The van der Waals surface area contributed by atoms with Crippen LogP contribution in [0.4, 0.5) is 0 Å². The van der Waals surface area contributed by atoms with E-state index in [2.05, 4.69) is 23.4 Å². The lowest BCUT2D eigenvalue weighted by molar-refractivity contribution is -0.138. The third kappa shape index (κ3) is 7.38. The Labute approximate surface area is 161 Å². The van der Waals surface area contributed by atoms with Crippen molar-refractivity contribution < 1.29 is 19.0 Å². The Morgan fingerprint density at radius 2 is 2.19 bits per heavy atom. The highest BCUT2D eigenvalue weighted by molar-refractivity contribution is 5.81. The Morgan fingerprint density at radius 1 is 1.41 bits per heavy atom. The lowest BCUT2D eigenvalue weighted by Crippen LogP contribution is -2.50. The molecule has 1 aromatic rings. The summed E-state index contributed by atoms with van der Waals surface area (Å²) >= 11 is 0. The van der Waals surface area contributed by atoms with Crippen molar-refractivity contribution in [3.05, 3.63) is 67.0 Å². The molecule has 6 heteroatoms. The van der Waals surface area contributed by atoms with Gasteiger partial charge < -0.3 is 19.5 Å². The molecule has 1 fully saturated rings. The summed E-state index contributed by atoms with van der Waals surface area (Å²) in [4.78, 5) is 14.3. The van der Waals surface area contributed by atoms with Gasteiger partial charge in [-0.15, -0.1) is 0 Å². The molecule has 1 aromatic carbocycles. The molecule has 6 nitrogen and oxygen atoms in total. The SMILES string of the molecule is C=C/C(=C\C(=C)Oc1ccccc1)CN1CCOC(C(=O)NCCOC)C1. The van der Waals surface area contributed by atoms with Crippen LogP contribution in [-0.2, 0) is 14.3 Å². The van der Waals surface area contributed by atoms with Crippen molar-refractivity contribution in [1.82, 2.24) is 10.2 Å². The van der Waals surface area contributed by atoms with E-state index in [9.17, 15) is 4.79 Å². The van der Waals surface area contributed by atoms with E-state index in [0.717, 1.165) is 17.9 Å². The zero-order valence-corrected chi connectivity index (χ0v) is 15.9. The number of carbonyl (C=O) groups excluding carboxylic acids is 1. The van der Waals surface area contributed by atoms with Crippen molar-refractivity contribution in [3.8, 4) is 5.75 Å². The summed E-state index contributed by atoms with van der Waals surface area (Å²) in [7, 11) is 1.60. The number of hydrogen-bond acceptors (Lipinski definition) is 5. The summed E-state index contributed by atoms with van der Waals surface area (Å²) in [5, 5.41) is 2.82. The predicted molar refractivity (Wildman–Crippen MR) is 106 cm³/mol. The second-order valence-corrected chi connectivity index (χ2v) is 6.18. The monoisotopic (exact) mass is 372 g/mol. The molecule has 0 spiro atoms. The standard InChI is InChI=1S/C21H28N2O4/c1-4-18(14-17(2)27-19-8-6-5-7-9-19)15-23-11-13-26-20(16-23)21(24)22-10-12-25-3/h4-9,14,20H,1-2,10-13,15-16H2,3H3,(H,22,24)/b18-14+. The molecule has 1 saturated heterocycles. The van der Waals surface area contributed by atoms with Gasteiger partial charge in [-0.25, -0.2) is 0 Å². The number of carbonyl (C=O) groups is 1. The maximum Gasteiger partial charge on any atom is 0.250 e. The molecule has 1 amide bonds. The van der Waals surface area contributed by atoms with Crippen molar-refractivity contribution in [2.24, 2.45) is 0 Å². The van der Waals surface area contributed by atoms with Crippen molar-refractivity contribution in [1.29, 1.82) is 0 Å². The van der Waals surface area contributed by atoms with Crippen LogP contribution in [0.5, 0.6) is 5.75 Å². The number of amides is 1. The largest absolute Gasteiger partial charge is 0.458 e. The van der Waals surface area contributed by atoms with Crippen LogP contribution < -0.4 is 10.1 Å². The molecular weight excluding hydrogens is 344 g/mol. The number of para-hydroxylation sites is 1. The van der Waals surface area contributed by atoms with Gasteiger partial charge in [0, 0.05) is 33.3 Å². The normalized spacial score (nSPS) is 18.0. The van der Waals surface area contributed by atoms with Gasteiger partial charge in [0.2, 0.25) is 0 Å². The van der Waals surface area contributed by atoms with Crippen LogP contribution in [0.25, 0.3) is 0 Å². The fourth-order valence-electron chi connectivity index (χ4n) is 2.70. The van der Waals surface area contributed by atoms with Crippen LogP contribution >= 0.6 is 0 Å². The minimum Gasteiger partial charge on any atom is -0.458 e. The first kappa shape index (κ1) is 20.9. The molecule has 146 valence electrons. The van der Waals surface area contributed by atoms with E-state index in [1.54, 1.807) is 13.2 Å². The smallest absolute Gasteiger partial charge is 0.250 e. The number of morpholine rings is 1. The van der Waals surface area contributed by atoms with Gasteiger partial charge in [0.25, 0.3) is 5.91 Å². The molecule has 1 N–H and O–H groups in total. The molecule has 1 heterocycles. The number of ether oxygens (including phenoxy) is 3. The molecule has 0 aromatic heterocycles. The van der Waals surface area contributed by atoms with Gasteiger partial charge in [0.05, 0.1) is 13.2 Å². The van der Waals surface area contributed by atoms with Crippen LogP contribution in [0.15, 0.2) is 67.0 Å². The second-order valence-electron chi connectivity index (χ2n) is 6.18. The predicted octanol–water partition coefficient (Wildman–Crippen LogP) is 2.15. The zero-order chi connectivity index (χ0) is 19.5. The van der Waals surface area contributed by atoms with Crippen LogP contribution in [0.3, 0.4) is 0 Å². The summed E-state index contributed by atoms with van der Waals surface area (Å²) in [6.45, 7) is 11.2. The number of nitrogens with zero attached hydrogens (tertiary/aromatic N) is 1. The Hall–Kier alpha value is -2.41. The fourth-order valence-corrected chi connectivity index (χ4v) is 2.70. The van der Waals surface area contributed by atoms with Crippen molar-refractivity contribution >= 4 is 5.91 Å². The van der Waals surface area contributed by atoms with Gasteiger partial charge in [-0.1, -0.05) is 37.4 Å². The third-order valence-corrected chi connectivity index (χ3v) is 4.06. The van der Waals surface area contributed by atoms with Crippen LogP contribution in [-0.4, -0.2) is 63.4 Å². The Morgan fingerprint density at radius 3 is 2.89 bits per heavy atom. The average Bonchev–Trinajstić information content (AvgIpc) is 2.68. The number of benzene rings is 1. The quantitative estimate of drug-likeness (QED) is 0.387. The molecule has 1 atom stereocenters. The van der Waals surface area contributed by atoms with Gasteiger partial charge in [0.1, 0.15) is 17.6 Å². The van der Waals surface area contributed by atoms with Crippen molar-refractivity contribution in [3.63, 3.8) is 0 Å². The van der Waals surface area contributed by atoms with E-state index in [1.807, 2.05) is 36.4 Å². The summed E-state index contributed by atoms with van der Waals surface area (Å²) in [6, 6.07) is 9.50. The minimum atomic E-state index is -0.481. The van der Waals surface area contributed by atoms with Gasteiger partial charge in [-0.3, -0.25) is 9.69 Å². The number of methoxy groups -OCH3 is 1.